The zero-order chi connectivity index (χ0) is 10.8. The molecule has 0 aliphatic carbocycles. The van der Waals surface area contributed by atoms with Gasteiger partial charge in [0.1, 0.15) is 0 Å². The number of nitrogens with one attached hydrogen (secondary N) is 1. The van der Waals surface area contributed by atoms with Crippen molar-refractivity contribution in [1.82, 2.24) is 5.32 Å². The van der Waals surface area contributed by atoms with Crippen LogP contribution < -0.4 is 5.32 Å². The van der Waals surface area contributed by atoms with Gasteiger partial charge in [0.2, 0.25) is 5.91 Å². The fraction of sp³-hybridized carbons (Fsp3) is 0.778. The molecule has 1 amide bonds. The normalized spacial score (nSPS) is 9.79. The molecule has 0 rings (SSSR count). The zero-order valence-electron chi connectivity index (χ0n) is 8.41. The van der Waals surface area contributed by atoms with E-state index in [1.54, 1.807) is 11.8 Å². The minimum absolute atomic E-state index is 0.0180. The second-order valence-electron chi connectivity index (χ2n) is 2.94. The van der Waals surface area contributed by atoms with E-state index < -0.39 is 5.97 Å². The molecule has 0 spiro atoms. The van der Waals surface area contributed by atoms with Gasteiger partial charge in [-0.2, -0.15) is 11.8 Å². The van der Waals surface area contributed by atoms with Gasteiger partial charge in [-0.1, -0.05) is 0 Å². The fourth-order valence-corrected chi connectivity index (χ4v) is 1.25. The van der Waals surface area contributed by atoms with E-state index in [9.17, 15) is 9.59 Å². The molecule has 0 fully saturated rings. The Bertz CT molecular complexity index is 185. The first-order valence-corrected chi connectivity index (χ1v) is 6.03. The number of hydrogen-bond donors (Lipinski definition) is 2. The van der Waals surface area contributed by atoms with E-state index in [1.807, 2.05) is 6.26 Å². The van der Waals surface area contributed by atoms with Crippen molar-refractivity contribution in [2.45, 2.75) is 25.7 Å². The highest BCUT2D eigenvalue weighted by molar-refractivity contribution is 7.98. The number of carboxylic acids is 1. The summed E-state index contributed by atoms with van der Waals surface area (Å²) in [5.74, 6) is 0.137. The van der Waals surface area contributed by atoms with Gasteiger partial charge >= 0.3 is 5.97 Å². The molecule has 0 atom stereocenters. The lowest BCUT2D eigenvalue weighted by atomic mass is 10.2. The van der Waals surface area contributed by atoms with Crippen molar-refractivity contribution in [1.29, 1.82) is 0 Å². The van der Waals surface area contributed by atoms with E-state index in [0.717, 1.165) is 5.75 Å². The smallest absolute Gasteiger partial charge is 0.303 e. The first-order chi connectivity index (χ1) is 6.66. The minimum Gasteiger partial charge on any atom is -0.481 e. The van der Waals surface area contributed by atoms with Crippen LogP contribution in [-0.4, -0.2) is 35.5 Å². The summed E-state index contributed by atoms with van der Waals surface area (Å²) in [6, 6.07) is 0. The van der Waals surface area contributed by atoms with Crippen molar-refractivity contribution in [2.24, 2.45) is 0 Å². The summed E-state index contributed by atoms with van der Waals surface area (Å²) in [5.41, 5.74) is 0. The van der Waals surface area contributed by atoms with E-state index in [2.05, 4.69) is 5.32 Å². The third-order valence-corrected chi connectivity index (χ3v) is 2.29. The fourth-order valence-electron chi connectivity index (χ4n) is 0.943. The number of hydrogen-bond acceptors (Lipinski definition) is 3. The number of thioether (sulfide) groups is 1. The van der Waals surface area contributed by atoms with Crippen LogP contribution in [0.25, 0.3) is 0 Å². The van der Waals surface area contributed by atoms with Gasteiger partial charge in [0.25, 0.3) is 0 Å². The van der Waals surface area contributed by atoms with E-state index in [0.29, 0.717) is 25.8 Å². The van der Waals surface area contributed by atoms with E-state index in [4.69, 9.17) is 5.11 Å². The molecule has 0 aromatic rings. The second-order valence-corrected chi connectivity index (χ2v) is 3.93. The summed E-state index contributed by atoms with van der Waals surface area (Å²) in [7, 11) is 0. The average molecular weight is 219 g/mol. The summed E-state index contributed by atoms with van der Waals surface area (Å²) in [6.07, 6.45) is 3.79. The summed E-state index contributed by atoms with van der Waals surface area (Å²) < 4.78 is 0. The van der Waals surface area contributed by atoms with Gasteiger partial charge in [-0.3, -0.25) is 9.59 Å². The molecule has 0 saturated heterocycles. The predicted molar refractivity (Wildman–Crippen MR) is 57.5 cm³/mol. The number of rotatable bonds is 8. The molecule has 0 aromatic carbocycles. The van der Waals surface area contributed by atoms with Crippen LogP contribution in [0.2, 0.25) is 0 Å². The molecule has 0 bridgehead atoms. The third-order valence-electron chi connectivity index (χ3n) is 1.67. The minimum atomic E-state index is -0.798. The van der Waals surface area contributed by atoms with E-state index >= 15 is 0 Å². The number of aliphatic carboxylic acids is 1. The highest BCUT2D eigenvalue weighted by Gasteiger charge is 2.01. The number of carbonyl (C=O) groups excluding carboxylic acids is 1. The van der Waals surface area contributed by atoms with Gasteiger partial charge < -0.3 is 10.4 Å². The molecular formula is C9H17NO3S. The first-order valence-electron chi connectivity index (χ1n) is 4.64. The van der Waals surface area contributed by atoms with Gasteiger partial charge in [-0.25, -0.2) is 0 Å². The zero-order valence-corrected chi connectivity index (χ0v) is 9.23. The third kappa shape index (κ3) is 9.38. The number of carbonyl (C=O) groups is 2. The molecular weight excluding hydrogens is 202 g/mol. The molecule has 14 heavy (non-hydrogen) atoms. The molecule has 0 aromatic heterocycles. The molecule has 0 saturated carbocycles. The van der Waals surface area contributed by atoms with Gasteiger partial charge in [-0.05, 0) is 19.1 Å². The monoisotopic (exact) mass is 219 g/mol. The lowest BCUT2D eigenvalue weighted by Gasteiger charge is -2.02. The molecule has 0 radical (unpaired) electrons. The molecule has 0 aliphatic rings. The summed E-state index contributed by atoms with van der Waals surface area (Å²) >= 11 is 1.68. The topological polar surface area (TPSA) is 66.4 Å². The highest BCUT2D eigenvalue weighted by Crippen LogP contribution is 1.99. The van der Waals surface area contributed by atoms with Crippen LogP contribution in [-0.2, 0) is 9.59 Å². The predicted octanol–water partition coefficient (Wildman–Crippen LogP) is 1.11. The van der Waals surface area contributed by atoms with Crippen LogP contribution in [0.1, 0.15) is 25.7 Å². The molecule has 4 nitrogen and oxygen atoms in total. The second kappa shape index (κ2) is 8.87. The molecule has 0 heterocycles. The van der Waals surface area contributed by atoms with E-state index in [1.165, 1.54) is 0 Å². The van der Waals surface area contributed by atoms with Gasteiger partial charge in [0.05, 0.1) is 0 Å². The van der Waals surface area contributed by atoms with Crippen molar-refractivity contribution < 1.29 is 14.7 Å². The van der Waals surface area contributed by atoms with Crippen LogP contribution in [0.3, 0.4) is 0 Å². The van der Waals surface area contributed by atoms with Crippen molar-refractivity contribution in [2.75, 3.05) is 18.6 Å². The first kappa shape index (κ1) is 13.3. The van der Waals surface area contributed by atoms with E-state index in [-0.39, 0.29) is 12.3 Å². The lowest BCUT2D eigenvalue weighted by molar-refractivity contribution is -0.137. The standard InChI is InChI=1S/C9H17NO3S/c1-14-7-6-10-8(11)4-2-3-5-9(12)13/h2-7H2,1H3,(H,10,11)(H,12,13). The van der Waals surface area contributed by atoms with Gasteiger partial charge in [0.15, 0.2) is 0 Å². The molecule has 82 valence electrons. The van der Waals surface area contributed by atoms with Crippen molar-refractivity contribution in [3.63, 3.8) is 0 Å². The largest absolute Gasteiger partial charge is 0.481 e. The van der Waals surface area contributed by atoms with Crippen LogP contribution in [0.5, 0.6) is 0 Å². The Morgan fingerprint density at radius 3 is 2.50 bits per heavy atom. The maximum Gasteiger partial charge on any atom is 0.303 e. The lowest BCUT2D eigenvalue weighted by Crippen LogP contribution is -2.25. The SMILES string of the molecule is CSCCNC(=O)CCCCC(=O)O. The van der Waals surface area contributed by atoms with Crippen LogP contribution in [0, 0.1) is 0 Å². The van der Waals surface area contributed by atoms with Crippen molar-refractivity contribution in [3.05, 3.63) is 0 Å². The maximum absolute atomic E-state index is 11.1. The average Bonchev–Trinajstić information content (AvgIpc) is 2.13. The number of carboxylic acid groups (broad SMARTS) is 1. The van der Waals surface area contributed by atoms with Gasteiger partial charge in [0, 0.05) is 25.1 Å². The Balaban J connectivity index is 3.22. The molecule has 2 N–H and O–H groups in total. The van der Waals surface area contributed by atoms with Crippen LogP contribution >= 0.6 is 11.8 Å². The summed E-state index contributed by atoms with van der Waals surface area (Å²) in [4.78, 5) is 21.2. The number of amides is 1. The molecule has 0 unspecified atom stereocenters. The molecule has 0 aliphatic heterocycles. The maximum atomic E-state index is 11.1. The Kier molecular flexibility index (Phi) is 8.42. The Morgan fingerprint density at radius 2 is 1.93 bits per heavy atom. The van der Waals surface area contributed by atoms with Crippen LogP contribution in [0.15, 0.2) is 0 Å². The quantitative estimate of drug-likeness (QED) is 0.600. The summed E-state index contributed by atoms with van der Waals surface area (Å²) in [5, 5.41) is 11.1. The van der Waals surface area contributed by atoms with Crippen LogP contribution in [0.4, 0.5) is 0 Å². The van der Waals surface area contributed by atoms with Crippen molar-refractivity contribution >= 4 is 23.6 Å². The Hall–Kier alpha value is -0.710. The highest BCUT2D eigenvalue weighted by atomic mass is 32.2. The Morgan fingerprint density at radius 1 is 1.29 bits per heavy atom. The van der Waals surface area contributed by atoms with Crippen molar-refractivity contribution in [3.8, 4) is 0 Å². The Labute approximate surface area is 88.4 Å². The van der Waals surface area contributed by atoms with Gasteiger partial charge in [-0.15, -0.1) is 0 Å². The number of unbranched alkanes of at least 4 members (excludes halogenated alkanes) is 1. The summed E-state index contributed by atoms with van der Waals surface area (Å²) in [6.45, 7) is 0.693. The molecule has 5 heteroatoms.